The number of halogens is 1. The number of hydrogen-bond donors (Lipinski definition) is 1. The Bertz CT molecular complexity index is 281. The van der Waals surface area contributed by atoms with Crippen LogP contribution in [-0.4, -0.2) is 6.04 Å². The second-order valence-corrected chi connectivity index (χ2v) is 4.02. The van der Waals surface area contributed by atoms with Crippen LogP contribution in [0.15, 0.2) is 18.2 Å². The summed E-state index contributed by atoms with van der Waals surface area (Å²) in [5.41, 5.74) is 8.30. The molecule has 0 spiro atoms. The monoisotopic (exact) mass is 197 g/mol. The first-order valence-electron chi connectivity index (χ1n) is 4.60. The van der Waals surface area contributed by atoms with Gasteiger partial charge in [0.25, 0.3) is 0 Å². The van der Waals surface area contributed by atoms with E-state index in [-0.39, 0.29) is 6.04 Å². The molecule has 0 unspecified atom stereocenters. The van der Waals surface area contributed by atoms with Gasteiger partial charge in [0.1, 0.15) is 0 Å². The van der Waals surface area contributed by atoms with Crippen molar-refractivity contribution in [1.29, 1.82) is 0 Å². The van der Waals surface area contributed by atoms with Gasteiger partial charge >= 0.3 is 0 Å². The van der Waals surface area contributed by atoms with Gasteiger partial charge in [-0.2, -0.15) is 0 Å². The molecule has 1 aromatic rings. The molecule has 2 heteroatoms. The Morgan fingerprint density at radius 2 is 2.15 bits per heavy atom. The lowest BCUT2D eigenvalue weighted by Gasteiger charge is -2.07. The van der Waals surface area contributed by atoms with E-state index in [2.05, 4.69) is 13.0 Å². The Hall–Kier alpha value is -0.530. The highest BCUT2D eigenvalue weighted by atomic mass is 35.5. The molecule has 13 heavy (non-hydrogen) atoms. The van der Waals surface area contributed by atoms with Gasteiger partial charge in [0, 0.05) is 11.1 Å². The van der Waals surface area contributed by atoms with E-state index in [0.717, 1.165) is 17.9 Å². The highest BCUT2D eigenvalue weighted by Crippen LogP contribution is 2.16. The predicted molar refractivity (Wildman–Crippen MR) is 58.2 cm³/mol. The fraction of sp³-hybridized carbons (Fsp3) is 0.455. The Morgan fingerprint density at radius 1 is 1.46 bits per heavy atom. The van der Waals surface area contributed by atoms with Crippen LogP contribution in [0.25, 0.3) is 0 Å². The lowest BCUT2D eigenvalue weighted by atomic mass is 10.0. The van der Waals surface area contributed by atoms with Gasteiger partial charge in [-0.3, -0.25) is 0 Å². The maximum absolute atomic E-state index is 5.85. The molecule has 1 atom stereocenters. The summed E-state index contributed by atoms with van der Waals surface area (Å²) < 4.78 is 0. The molecule has 0 radical (unpaired) electrons. The average molecular weight is 198 g/mol. The minimum absolute atomic E-state index is 0.273. The fourth-order valence-electron chi connectivity index (χ4n) is 1.32. The molecule has 72 valence electrons. The van der Waals surface area contributed by atoms with E-state index < -0.39 is 0 Å². The second kappa shape index (κ2) is 4.64. The molecule has 0 aliphatic carbocycles. The zero-order chi connectivity index (χ0) is 9.84. The standard InChI is InChI=1S/C11H16ClN/c1-8-7-11(12)6-5-10(8)4-3-9(2)13/h5-7,9H,3-4,13H2,1-2H3/t9-/m1/s1. The Labute approximate surface area is 84.9 Å². The molecular formula is C11H16ClN. The molecule has 1 nitrogen and oxygen atoms in total. The van der Waals surface area contributed by atoms with Gasteiger partial charge in [-0.25, -0.2) is 0 Å². The van der Waals surface area contributed by atoms with Crippen molar-refractivity contribution in [3.8, 4) is 0 Å². The van der Waals surface area contributed by atoms with Crippen molar-refractivity contribution in [3.63, 3.8) is 0 Å². The van der Waals surface area contributed by atoms with Crippen LogP contribution in [0.1, 0.15) is 24.5 Å². The topological polar surface area (TPSA) is 26.0 Å². The molecule has 0 amide bonds. The summed E-state index contributed by atoms with van der Waals surface area (Å²) in [7, 11) is 0. The Morgan fingerprint density at radius 3 is 2.69 bits per heavy atom. The smallest absolute Gasteiger partial charge is 0.0408 e. The summed E-state index contributed by atoms with van der Waals surface area (Å²) in [4.78, 5) is 0. The molecule has 1 aromatic carbocycles. The summed E-state index contributed by atoms with van der Waals surface area (Å²) in [5.74, 6) is 0. The lowest BCUT2D eigenvalue weighted by Crippen LogP contribution is -2.15. The van der Waals surface area contributed by atoms with E-state index in [1.165, 1.54) is 11.1 Å². The van der Waals surface area contributed by atoms with Gasteiger partial charge in [-0.1, -0.05) is 17.7 Å². The third kappa shape index (κ3) is 3.37. The van der Waals surface area contributed by atoms with E-state index in [1.54, 1.807) is 0 Å². The minimum atomic E-state index is 0.273. The van der Waals surface area contributed by atoms with Crippen molar-refractivity contribution in [1.82, 2.24) is 0 Å². The maximum Gasteiger partial charge on any atom is 0.0408 e. The quantitative estimate of drug-likeness (QED) is 0.793. The van der Waals surface area contributed by atoms with Crippen molar-refractivity contribution in [2.75, 3.05) is 0 Å². The lowest BCUT2D eigenvalue weighted by molar-refractivity contribution is 0.664. The molecular weight excluding hydrogens is 182 g/mol. The molecule has 0 saturated carbocycles. The Kier molecular flexibility index (Phi) is 3.76. The molecule has 0 aliphatic rings. The Balaban J connectivity index is 2.67. The zero-order valence-corrected chi connectivity index (χ0v) is 8.93. The van der Waals surface area contributed by atoms with Crippen molar-refractivity contribution >= 4 is 11.6 Å². The van der Waals surface area contributed by atoms with Crippen LogP contribution in [0.2, 0.25) is 5.02 Å². The first-order chi connectivity index (χ1) is 6.09. The highest BCUT2D eigenvalue weighted by molar-refractivity contribution is 6.30. The van der Waals surface area contributed by atoms with E-state index in [1.807, 2.05) is 19.1 Å². The molecule has 0 fully saturated rings. The first kappa shape index (κ1) is 10.6. The molecule has 0 heterocycles. The van der Waals surface area contributed by atoms with E-state index >= 15 is 0 Å². The SMILES string of the molecule is Cc1cc(Cl)ccc1CC[C@@H](C)N. The highest BCUT2D eigenvalue weighted by Gasteiger charge is 2.00. The van der Waals surface area contributed by atoms with Gasteiger partial charge in [0.2, 0.25) is 0 Å². The minimum Gasteiger partial charge on any atom is -0.328 e. The van der Waals surface area contributed by atoms with Crippen molar-refractivity contribution < 1.29 is 0 Å². The van der Waals surface area contributed by atoms with Crippen LogP contribution in [0.3, 0.4) is 0 Å². The van der Waals surface area contributed by atoms with Gasteiger partial charge < -0.3 is 5.73 Å². The molecule has 1 rings (SSSR count). The summed E-state index contributed by atoms with van der Waals surface area (Å²) in [6.07, 6.45) is 2.07. The average Bonchev–Trinajstić information content (AvgIpc) is 2.02. The fourth-order valence-corrected chi connectivity index (χ4v) is 1.55. The van der Waals surface area contributed by atoms with Crippen LogP contribution in [0, 0.1) is 6.92 Å². The van der Waals surface area contributed by atoms with Gasteiger partial charge in [-0.05, 0) is 49.9 Å². The van der Waals surface area contributed by atoms with Gasteiger partial charge in [0.05, 0.1) is 0 Å². The van der Waals surface area contributed by atoms with Crippen LogP contribution in [0.5, 0.6) is 0 Å². The zero-order valence-electron chi connectivity index (χ0n) is 8.18. The number of hydrogen-bond acceptors (Lipinski definition) is 1. The number of rotatable bonds is 3. The number of aryl methyl sites for hydroxylation is 2. The third-order valence-corrected chi connectivity index (χ3v) is 2.41. The summed E-state index contributed by atoms with van der Waals surface area (Å²) in [6, 6.07) is 6.29. The number of benzene rings is 1. The molecule has 0 aliphatic heterocycles. The summed E-state index contributed by atoms with van der Waals surface area (Å²) >= 11 is 5.85. The van der Waals surface area contributed by atoms with Crippen molar-refractivity contribution in [2.45, 2.75) is 32.7 Å². The summed E-state index contributed by atoms with van der Waals surface area (Å²) in [6.45, 7) is 4.12. The second-order valence-electron chi connectivity index (χ2n) is 3.59. The van der Waals surface area contributed by atoms with Gasteiger partial charge in [0.15, 0.2) is 0 Å². The van der Waals surface area contributed by atoms with E-state index in [0.29, 0.717) is 0 Å². The maximum atomic E-state index is 5.85. The molecule has 0 aromatic heterocycles. The largest absolute Gasteiger partial charge is 0.328 e. The molecule has 0 saturated heterocycles. The van der Waals surface area contributed by atoms with Crippen LogP contribution < -0.4 is 5.73 Å². The molecule has 2 N–H and O–H groups in total. The van der Waals surface area contributed by atoms with Crippen molar-refractivity contribution in [3.05, 3.63) is 34.3 Å². The predicted octanol–water partition coefficient (Wildman–Crippen LogP) is 2.93. The summed E-state index contributed by atoms with van der Waals surface area (Å²) in [5, 5.41) is 0.807. The van der Waals surface area contributed by atoms with Crippen LogP contribution >= 0.6 is 11.6 Å². The normalized spacial score (nSPS) is 12.9. The van der Waals surface area contributed by atoms with Crippen LogP contribution in [0.4, 0.5) is 0 Å². The van der Waals surface area contributed by atoms with Gasteiger partial charge in [-0.15, -0.1) is 0 Å². The molecule has 0 bridgehead atoms. The van der Waals surface area contributed by atoms with Crippen LogP contribution in [-0.2, 0) is 6.42 Å². The van der Waals surface area contributed by atoms with E-state index in [9.17, 15) is 0 Å². The van der Waals surface area contributed by atoms with E-state index in [4.69, 9.17) is 17.3 Å². The first-order valence-corrected chi connectivity index (χ1v) is 4.98. The van der Waals surface area contributed by atoms with Crippen molar-refractivity contribution in [2.24, 2.45) is 5.73 Å². The number of nitrogens with two attached hydrogens (primary N) is 1. The third-order valence-electron chi connectivity index (χ3n) is 2.17.